The molecular formula is C21H23N5O2S. The molecule has 0 aliphatic heterocycles. The normalized spacial score (nSPS) is 10.6. The van der Waals surface area contributed by atoms with Crippen molar-refractivity contribution in [2.24, 2.45) is 0 Å². The Bertz CT molecular complexity index is 1140. The van der Waals surface area contributed by atoms with Gasteiger partial charge in [0.05, 0.1) is 5.39 Å². The molecule has 0 aliphatic carbocycles. The molecule has 7 nitrogen and oxygen atoms in total. The summed E-state index contributed by atoms with van der Waals surface area (Å²) >= 11 is 5.28. The van der Waals surface area contributed by atoms with Crippen molar-refractivity contribution >= 4 is 39.7 Å². The Morgan fingerprint density at radius 1 is 1.07 bits per heavy atom. The summed E-state index contributed by atoms with van der Waals surface area (Å²) in [6, 6.07) is 12.8. The molecule has 0 atom stereocenters. The average Bonchev–Trinajstić information content (AvgIpc) is 2.72. The lowest BCUT2D eigenvalue weighted by Crippen LogP contribution is -2.44. The van der Waals surface area contributed by atoms with E-state index in [1.165, 1.54) is 4.68 Å². The molecule has 3 N–H and O–H groups in total. The standard InChI is InChI=1S/C21H23N5O2S/c1-4-12-26-20(28)16-10-6-5-9-15(16)18(25-26)19(27)23-24-21(29)22-17-11-7-8-13(2)14(17)3/h5-11H,4,12H2,1-3H3,(H,23,27)(H2,22,24,29). The van der Waals surface area contributed by atoms with E-state index in [1.54, 1.807) is 24.3 Å². The lowest BCUT2D eigenvalue weighted by atomic mass is 10.1. The SMILES string of the molecule is CCCn1nc(C(=O)NNC(=S)Nc2cccc(C)c2C)c2ccccc2c1=O. The van der Waals surface area contributed by atoms with Crippen molar-refractivity contribution in [2.45, 2.75) is 33.7 Å². The predicted molar refractivity (Wildman–Crippen MR) is 119 cm³/mol. The minimum absolute atomic E-state index is 0.163. The van der Waals surface area contributed by atoms with Gasteiger partial charge in [-0.3, -0.25) is 20.4 Å². The molecule has 3 aromatic rings. The van der Waals surface area contributed by atoms with E-state index >= 15 is 0 Å². The quantitative estimate of drug-likeness (QED) is 0.453. The minimum Gasteiger partial charge on any atom is -0.331 e. The maximum Gasteiger partial charge on any atom is 0.290 e. The van der Waals surface area contributed by atoms with Gasteiger partial charge in [0.1, 0.15) is 0 Å². The first-order chi connectivity index (χ1) is 13.9. The summed E-state index contributed by atoms with van der Waals surface area (Å²) in [6.07, 6.45) is 0.731. The van der Waals surface area contributed by atoms with Gasteiger partial charge in [0, 0.05) is 17.6 Å². The van der Waals surface area contributed by atoms with Gasteiger partial charge >= 0.3 is 0 Å². The molecule has 0 spiro atoms. The fourth-order valence-electron chi connectivity index (χ4n) is 2.98. The van der Waals surface area contributed by atoms with E-state index in [-0.39, 0.29) is 16.4 Å². The molecule has 0 radical (unpaired) electrons. The molecule has 0 unspecified atom stereocenters. The van der Waals surface area contributed by atoms with E-state index in [9.17, 15) is 9.59 Å². The molecule has 8 heteroatoms. The highest BCUT2D eigenvalue weighted by atomic mass is 32.1. The van der Waals surface area contributed by atoms with Gasteiger partial charge in [-0.1, -0.05) is 37.3 Å². The highest BCUT2D eigenvalue weighted by Gasteiger charge is 2.16. The Morgan fingerprint density at radius 3 is 2.52 bits per heavy atom. The maximum absolute atomic E-state index is 12.8. The van der Waals surface area contributed by atoms with Crippen molar-refractivity contribution in [1.82, 2.24) is 20.6 Å². The van der Waals surface area contributed by atoms with E-state index in [1.807, 2.05) is 39.0 Å². The Morgan fingerprint density at radius 2 is 1.79 bits per heavy atom. The van der Waals surface area contributed by atoms with Crippen molar-refractivity contribution in [3.63, 3.8) is 0 Å². The lowest BCUT2D eigenvalue weighted by Gasteiger charge is -2.15. The number of carbonyl (C=O) groups is 1. The largest absolute Gasteiger partial charge is 0.331 e. The molecular weight excluding hydrogens is 386 g/mol. The van der Waals surface area contributed by atoms with Crippen molar-refractivity contribution in [1.29, 1.82) is 0 Å². The van der Waals surface area contributed by atoms with Gasteiger partial charge in [0.25, 0.3) is 11.5 Å². The number of nitrogens with one attached hydrogen (secondary N) is 3. The average molecular weight is 410 g/mol. The fourth-order valence-corrected chi connectivity index (χ4v) is 3.14. The van der Waals surface area contributed by atoms with Crippen LogP contribution in [0.2, 0.25) is 0 Å². The van der Waals surface area contributed by atoms with Gasteiger partial charge < -0.3 is 5.32 Å². The van der Waals surface area contributed by atoms with Crippen LogP contribution in [0.5, 0.6) is 0 Å². The van der Waals surface area contributed by atoms with Crippen molar-refractivity contribution in [2.75, 3.05) is 5.32 Å². The van der Waals surface area contributed by atoms with E-state index in [4.69, 9.17) is 12.2 Å². The Kier molecular flexibility index (Phi) is 6.23. The van der Waals surface area contributed by atoms with Crippen LogP contribution in [0, 0.1) is 13.8 Å². The summed E-state index contributed by atoms with van der Waals surface area (Å²) in [5, 5.41) is 8.53. The minimum atomic E-state index is -0.476. The summed E-state index contributed by atoms with van der Waals surface area (Å²) in [4.78, 5) is 25.3. The van der Waals surface area contributed by atoms with Crippen molar-refractivity contribution in [3.05, 3.63) is 69.6 Å². The number of thiocarbonyl (C=S) groups is 1. The third-order valence-corrected chi connectivity index (χ3v) is 4.86. The Labute approximate surface area is 174 Å². The first-order valence-corrected chi connectivity index (χ1v) is 9.76. The second-order valence-electron chi connectivity index (χ2n) is 6.70. The van der Waals surface area contributed by atoms with Crippen molar-refractivity contribution < 1.29 is 4.79 Å². The number of benzene rings is 2. The number of hydrogen-bond acceptors (Lipinski definition) is 4. The second kappa shape index (κ2) is 8.83. The van der Waals surface area contributed by atoms with Gasteiger partial charge in [-0.05, 0) is 55.7 Å². The number of amides is 1. The van der Waals surface area contributed by atoms with Gasteiger partial charge in [0.2, 0.25) is 0 Å². The predicted octanol–water partition coefficient (Wildman–Crippen LogP) is 3.05. The van der Waals surface area contributed by atoms with Crippen LogP contribution in [0.1, 0.15) is 35.0 Å². The van der Waals surface area contributed by atoms with Gasteiger partial charge in [0.15, 0.2) is 10.8 Å². The number of carbonyl (C=O) groups excluding carboxylic acids is 1. The van der Waals surface area contributed by atoms with Crippen LogP contribution in [-0.2, 0) is 6.54 Å². The Hall–Kier alpha value is -3.26. The summed E-state index contributed by atoms with van der Waals surface area (Å²) < 4.78 is 1.32. The molecule has 0 bridgehead atoms. The summed E-state index contributed by atoms with van der Waals surface area (Å²) in [6.45, 7) is 6.39. The van der Waals surface area contributed by atoms with E-state index in [0.717, 1.165) is 23.2 Å². The van der Waals surface area contributed by atoms with Crippen LogP contribution in [0.4, 0.5) is 5.69 Å². The molecule has 0 saturated carbocycles. The second-order valence-corrected chi connectivity index (χ2v) is 7.11. The highest BCUT2D eigenvalue weighted by molar-refractivity contribution is 7.80. The number of fused-ring (bicyclic) bond motifs is 1. The third kappa shape index (κ3) is 4.43. The summed E-state index contributed by atoms with van der Waals surface area (Å²) in [5.74, 6) is -0.476. The summed E-state index contributed by atoms with van der Waals surface area (Å²) in [7, 11) is 0. The molecule has 1 aromatic heterocycles. The zero-order chi connectivity index (χ0) is 21.0. The smallest absolute Gasteiger partial charge is 0.290 e. The number of hydrogen-bond donors (Lipinski definition) is 3. The first-order valence-electron chi connectivity index (χ1n) is 9.35. The van der Waals surface area contributed by atoms with Gasteiger partial charge in [-0.2, -0.15) is 5.10 Å². The fraction of sp³-hybridized carbons (Fsp3) is 0.238. The summed E-state index contributed by atoms with van der Waals surface area (Å²) in [5.41, 5.74) is 8.28. The lowest BCUT2D eigenvalue weighted by molar-refractivity contribution is 0.0938. The molecule has 3 rings (SSSR count). The third-order valence-electron chi connectivity index (χ3n) is 4.66. The van der Waals surface area contributed by atoms with Crippen LogP contribution in [-0.4, -0.2) is 20.8 Å². The van der Waals surface area contributed by atoms with Crippen LogP contribution < -0.4 is 21.7 Å². The monoisotopic (exact) mass is 409 g/mol. The van der Waals surface area contributed by atoms with Crippen molar-refractivity contribution in [3.8, 4) is 0 Å². The zero-order valence-electron chi connectivity index (χ0n) is 16.6. The van der Waals surface area contributed by atoms with Crippen LogP contribution in [0.15, 0.2) is 47.3 Å². The molecule has 1 heterocycles. The molecule has 29 heavy (non-hydrogen) atoms. The number of aromatic nitrogens is 2. The van der Waals surface area contributed by atoms with Crippen LogP contribution >= 0.6 is 12.2 Å². The van der Waals surface area contributed by atoms with E-state index < -0.39 is 5.91 Å². The van der Waals surface area contributed by atoms with Crippen LogP contribution in [0.3, 0.4) is 0 Å². The zero-order valence-corrected chi connectivity index (χ0v) is 17.4. The highest BCUT2D eigenvalue weighted by Crippen LogP contribution is 2.17. The maximum atomic E-state index is 12.8. The number of hydrazine groups is 1. The number of aryl methyl sites for hydroxylation is 2. The van der Waals surface area contributed by atoms with Crippen LogP contribution in [0.25, 0.3) is 10.8 Å². The molecule has 150 valence electrons. The molecule has 2 aromatic carbocycles. The topological polar surface area (TPSA) is 88.1 Å². The van der Waals surface area contributed by atoms with E-state index in [2.05, 4.69) is 21.3 Å². The molecule has 0 saturated heterocycles. The van der Waals surface area contributed by atoms with E-state index in [0.29, 0.717) is 17.3 Å². The Balaban J connectivity index is 1.79. The molecule has 0 fully saturated rings. The molecule has 1 amide bonds. The first kappa shape index (κ1) is 20.5. The van der Waals surface area contributed by atoms with Gasteiger partial charge in [-0.15, -0.1) is 0 Å². The number of anilines is 1. The number of nitrogens with zero attached hydrogens (tertiary/aromatic N) is 2. The van der Waals surface area contributed by atoms with Gasteiger partial charge in [-0.25, -0.2) is 4.68 Å². The number of rotatable bonds is 4. The molecule has 0 aliphatic rings.